The standard InChI is InChI=1S/C9H9ClN2O3.ClH/c1-2-6(11)8-7(12(14)15)4-3-5(10)9(8)13;/h2-4,6,13H,1,11H2;1H/t6-;/m0./s1. The number of nitrogens with two attached hydrogens (primary N) is 1. The minimum Gasteiger partial charge on any atom is -0.506 e. The molecule has 16 heavy (non-hydrogen) atoms. The van der Waals surface area contributed by atoms with E-state index in [1.807, 2.05) is 0 Å². The Balaban J connectivity index is 0.00000225. The summed E-state index contributed by atoms with van der Waals surface area (Å²) in [4.78, 5) is 10.0. The molecule has 0 heterocycles. The molecule has 1 rings (SSSR count). The van der Waals surface area contributed by atoms with Crippen LogP contribution in [0.2, 0.25) is 5.02 Å². The first-order valence-corrected chi connectivity index (χ1v) is 4.40. The molecule has 1 aromatic rings. The fourth-order valence-electron chi connectivity index (χ4n) is 1.18. The maximum Gasteiger partial charge on any atom is 0.278 e. The second-order valence-corrected chi connectivity index (χ2v) is 3.25. The zero-order valence-electron chi connectivity index (χ0n) is 8.09. The Morgan fingerprint density at radius 1 is 1.62 bits per heavy atom. The van der Waals surface area contributed by atoms with Crippen molar-refractivity contribution in [3.63, 3.8) is 0 Å². The number of halogens is 2. The first-order chi connectivity index (χ1) is 6.99. The van der Waals surface area contributed by atoms with E-state index in [0.29, 0.717) is 0 Å². The zero-order chi connectivity index (χ0) is 11.6. The monoisotopic (exact) mass is 264 g/mol. The van der Waals surface area contributed by atoms with E-state index >= 15 is 0 Å². The van der Waals surface area contributed by atoms with Gasteiger partial charge in [0.15, 0.2) is 0 Å². The molecule has 0 aromatic heterocycles. The van der Waals surface area contributed by atoms with Crippen molar-refractivity contribution in [1.82, 2.24) is 0 Å². The van der Waals surface area contributed by atoms with Gasteiger partial charge in [0.25, 0.3) is 5.69 Å². The SMILES string of the molecule is C=C[C@H](N)c1c([N+](=O)[O-])ccc(Cl)c1O.Cl. The van der Waals surface area contributed by atoms with Gasteiger partial charge in [-0.15, -0.1) is 19.0 Å². The summed E-state index contributed by atoms with van der Waals surface area (Å²) in [6, 6.07) is 1.61. The van der Waals surface area contributed by atoms with Crippen LogP contribution >= 0.6 is 24.0 Å². The molecule has 0 unspecified atom stereocenters. The van der Waals surface area contributed by atoms with Gasteiger partial charge in [0.1, 0.15) is 5.75 Å². The number of phenolic OH excluding ortho intramolecular Hbond substituents is 1. The first kappa shape index (κ1) is 14.7. The molecule has 0 aliphatic carbocycles. The number of phenols is 1. The third kappa shape index (κ3) is 2.63. The minimum absolute atomic E-state index is 0. The van der Waals surface area contributed by atoms with Crippen molar-refractivity contribution in [1.29, 1.82) is 0 Å². The zero-order valence-corrected chi connectivity index (χ0v) is 9.66. The average Bonchev–Trinajstić information content (AvgIpc) is 2.20. The van der Waals surface area contributed by atoms with Crippen LogP contribution in [0.4, 0.5) is 5.69 Å². The molecule has 7 heteroatoms. The van der Waals surface area contributed by atoms with Gasteiger partial charge in [-0.05, 0) is 6.07 Å². The molecule has 0 aliphatic rings. The summed E-state index contributed by atoms with van der Waals surface area (Å²) >= 11 is 5.63. The van der Waals surface area contributed by atoms with Crippen molar-refractivity contribution in [2.24, 2.45) is 5.73 Å². The highest BCUT2D eigenvalue weighted by atomic mass is 35.5. The fraction of sp³-hybridized carbons (Fsp3) is 0.111. The van der Waals surface area contributed by atoms with Gasteiger partial charge in [0.05, 0.1) is 21.6 Å². The van der Waals surface area contributed by atoms with Gasteiger partial charge >= 0.3 is 0 Å². The maximum atomic E-state index is 10.7. The van der Waals surface area contributed by atoms with E-state index in [1.54, 1.807) is 0 Å². The predicted octanol–water partition coefficient (Wildman–Crippen LogP) is 2.56. The number of hydrogen-bond donors (Lipinski definition) is 2. The number of nitrogens with zero attached hydrogens (tertiary/aromatic N) is 1. The molecule has 1 atom stereocenters. The molecule has 0 spiro atoms. The van der Waals surface area contributed by atoms with Crippen molar-refractivity contribution in [3.8, 4) is 5.75 Å². The van der Waals surface area contributed by atoms with Crippen molar-refractivity contribution < 1.29 is 10.0 Å². The van der Waals surface area contributed by atoms with Crippen LogP contribution in [0.5, 0.6) is 5.75 Å². The lowest BCUT2D eigenvalue weighted by molar-refractivity contribution is -0.385. The highest BCUT2D eigenvalue weighted by Crippen LogP contribution is 2.37. The van der Waals surface area contributed by atoms with Crippen LogP contribution in [-0.4, -0.2) is 10.0 Å². The largest absolute Gasteiger partial charge is 0.506 e. The molecule has 1 aromatic carbocycles. The minimum atomic E-state index is -0.830. The van der Waals surface area contributed by atoms with Crippen LogP contribution in [0.3, 0.4) is 0 Å². The van der Waals surface area contributed by atoms with Gasteiger partial charge in [0.2, 0.25) is 0 Å². The number of benzene rings is 1. The maximum absolute atomic E-state index is 10.7. The number of nitro groups is 1. The molecule has 5 nitrogen and oxygen atoms in total. The highest BCUT2D eigenvalue weighted by Gasteiger charge is 2.23. The lowest BCUT2D eigenvalue weighted by atomic mass is 10.0. The Morgan fingerprint density at radius 3 is 2.62 bits per heavy atom. The molecule has 0 aliphatic heterocycles. The van der Waals surface area contributed by atoms with Crippen molar-refractivity contribution in [2.75, 3.05) is 0 Å². The quantitative estimate of drug-likeness (QED) is 0.499. The Morgan fingerprint density at radius 2 is 2.19 bits per heavy atom. The summed E-state index contributed by atoms with van der Waals surface area (Å²) in [6.07, 6.45) is 1.29. The van der Waals surface area contributed by atoms with Gasteiger partial charge < -0.3 is 10.8 Å². The molecule has 0 radical (unpaired) electrons. The predicted molar refractivity (Wildman–Crippen MR) is 64.1 cm³/mol. The Kier molecular flexibility index (Phi) is 5.23. The second kappa shape index (κ2) is 5.69. The fourth-order valence-corrected chi connectivity index (χ4v) is 1.34. The van der Waals surface area contributed by atoms with Crippen LogP contribution in [0, 0.1) is 10.1 Å². The number of aromatic hydroxyl groups is 1. The smallest absolute Gasteiger partial charge is 0.278 e. The molecule has 0 fully saturated rings. The van der Waals surface area contributed by atoms with Gasteiger partial charge in [-0.1, -0.05) is 17.7 Å². The molecular weight excluding hydrogens is 255 g/mol. The van der Waals surface area contributed by atoms with E-state index in [1.165, 1.54) is 18.2 Å². The van der Waals surface area contributed by atoms with Crippen LogP contribution in [-0.2, 0) is 0 Å². The summed E-state index contributed by atoms with van der Waals surface area (Å²) in [7, 11) is 0. The second-order valence-electron chi connectivity index (χ2n) is 2.85. The summed E-state index contributed by atoms with van der Waals surface area (Å²) < 4.78 is 0. The lowest BCUT2D eigenvalue weighted by Crippen LogP contribution is -2.09. The third-order valence-electron chi connectivity index (χ3n) is 1.93. The van der Waals surface area contributed by atoms with E-state index in [4.69, 9.17) is 17.3 Å². The van der Waals surface area contributed by atoms with Crippen molar-refractivity contribution in [2.45, 2.75) is 6.04 Å². The normalized spacial score (nSPS) is 11.4. The van der Waals surface area contributed by atoms with Crippen LogP contribution in [0.15, 0.2) is 24.8 Å². The molecule has 88 valence electrons. The first-order valence-electron chi connectivity index (χ1n) is 4.03. The summed E-state index contributed by atoms with van der Waals surface area (Å²) in [5.41, 5.74) is 5.26. The average molecular weight is 265 g/mol. The van der Waals surface area contributed by atoms with E-state index < -0.39 is 11.0 Å². The highest BCUT2D eigenvalue weighted by molar-refractivity contribution is 6.32. The molecule has 0 saturated carbocycles. The molecular formula is C9H10Cl2N2O3. The molecule has 3 N–H and O–H groups in total. The van der Waals surface area contributed by atoms with E-state index in [0.717, 1.165) is 0 Å². The Labute approximate surface area is 103 Å². The Hall–Kier alpha value is -1.30. The van der Waals surface area contributed by atoms with Gasteiger partial charge in [0, 0.05) is 6.07 Å². The van der Waals surface area contributed by atoms with Crippen LogP contribution in [0.25, 0.3) is 0 Å². The summed E-state index contributed by atoms with van der Waals surface area (Å²) in [5, 5.41) is 20.3. The lowest BCUT2D eigenvalue weighted by Gasteiger charge is -2.10. The van der Waals surface area contributed by atoms with Gasteiger partial charge in [-0.3, -0.25) is 10.1 Å². The van der Waals surface area contributed by atoms with Crippen LogP contribution in [0.1, 0.15) is 11.6 Å². The van der Waals surface area contributed by atoms with Crippen molar-refractivity contribution >= 4 is 29.7 Å². The van der Waals surface area contributed by atoms with Gasteiger partial charge in [-0.2, -0.15) is 0 Å². The van der Waals surface area contributed by atoms with E-state index in [2.05, 4.69) is 6.58 Å². The summed E-state index contributed by atoms with van der Waals surface area (Å²) in [6.45, 7) is 3.41. The van der Waals surface area contributed by atoms with Gasteiger partial charge in [-0.25, -0.2) is 0 Å². The van der Waals surface area contributed by atoms with Crippen LogP contribution < -0.4 is 5.73 Å². The topological polar surface area (TPSA) is 89.4 Å². The summed E-state index contributed by atoms with van der Waals surface area (Å²) in [5.74, 6) is -0.377. The van der Waals surface area contributed by atoms with E-state index in [9.17, 15) is 15.2 Å². The molecule has 0 bridgehead atoms. The number of nitro benzene ring substituents is 1. The molecule has 0 amide bonds. The molecule has 0 saturated heterocycles. The van der Waals surface area contributed by atoms with Crippen molar-refractivity contribution in [3.05, 3.63) is 45.5 Å². The third-order valence-corrected chi connectivity index (χ3v) is 2.23. The number of hydrogen-bond acceptors (Lipinski definition) is 4. The van der Waals surface area contributed by atoms with E-state index in [-0.39, 0.29) is 34.4 Å². The Bertz CT molecular complexity index is 423. The number of rotatable bonds is 3.